The number of carbonyl (C=O) groups is 1. The van der Waals surface area contributed by atoms with Crippen LogP contribution in [0.1, 0.15) is 28.4 Å². The monoisotopic (exact) mass is 258 g/mol. The molecule has 0 fully saturated rings. The van der Waals surface area contributed by atoms with Crippen LogP contribution < -0.4 is 0 Å². The average Bonchev–Trinajstić information content (AvgIpc) is 2.16. The van der Waals surface area contributed by atoms with Crippen molar-refractivity contribution in [3.63, 3.8) is 0 Å². The fourth-order valence-electron chi connectivity index (χ4n) is 1.37. The lowest BCUT2D eigenvalue weighted by atomic mass is 10.0. The summed E-state index contributed by atoms with van der Waals surface area (Å²) in [6.07, 6.45) is 0.619. The third kappa shape index (κ3) is 1.90. The van der Waals surface area contributed by atoms with E-state index in [0.717, 1.165) is 5.56 Å². The first kappa shape index (κ1) is 11.0. The van der Waals surface area contributed by atoms with Crippen LogP contribution in [-0.4, -0.2) is 16.2 Å². The van der Waals surface area contributed by atoms with Crippen LogP contribution in [0.3, 0.4) is 0 Å². The smallest absolute Gasteiger partial charge is 0.339 e. The van der Waals surface area contributed by atoms with Crippen molar-refractivity contribution in [1.29, 1.82) is 0 Å². The Labute approximate surface area is 90.5 Å². The topological polar surface area (TPSA) is 57.5 Å². The van der Waals surface area contributed by atoms with Crippen LogP contribution in [0, 0.1) is 0 Å². The van der Waals surface area contributed by atoms with Crippen molar-refractivity contribution in [2.75, 3.05) is 0 Å². The second-order valence-corrected chi connectivity index (χ2v) is 3.45. The number of carboxylic acids is 1. The molecule has 0 saturated carbocycles. The van der Waals surface area contributed by atoms with Crippen molar-refractivity contribution in [2.24, 2.45) is 0 Å². The Balaban J connectivity index is 3.34. The highest BCUT2D eigenvalue weighted by molar-refractivity contribution is 9.08. The third-order valence-corrected chi connectivity index (χ3v) is 2.71. The highest BCUT2D eigenvalue weighted by Gasteiger charge is 2.14. The second-order valence-electron chi connectivity index (χ2n) is 2.89. The SMILES string of the molecule is CCc1c(CBr)ccc(C(=O)O)c1O. The van der Waals surface area contributed by atoms with E-state index in [0.29, 0.717) is 17.3 Å². The molecule has 0 unspecified atom stereocenters. The second kappa shape index (κ2) is 4.46. The van der Waals surface area contributed by atoms with Gasteiger partial charge in [-0.25, -0.2) is 4.79 Å². The van der Waals surface area contributed by atoms with Gasteiger partial charge in [-0.2, -0.15) is 0 Å². The molecule has 0 atom stereocenters. The number of alkyl halides is 1. The minimum absolute atomic E-state index is 0.0356. The number of hydrogen-bond donors (Lipinski definition) is 2. The summed E-state index contributed by atoms with van der Waals surface area (Å²) in [7, 11) is 0. The predicted molar refractivity (Wildman–Crippen MR) is 57.1 cm³/mol. The lowest BCUT2D eigenvalue weighted by Crippen LogP contribution is -2.01. The van der Waals surface area contributed by atoms with Crippen LogP contribution >= 0.6 is 15.9 Å². The van der Waals surface area contributed by atoms with Gasteiger partial charge in [0.1, 0.15) is 11.3 Å². The highest BCUT2D eigenvalue weighted by atomic mass is 79.9. The van der Waals surface area contributed by atoms with Crippen LogP contribution in [0.25, 0.3) is 0 Å². The summed E-state index contributed by atoms with van der Waals surface area (Å²) >= 11 is 3.29. The largest absolute Gasteiger partial charge is 0.507 e. The van der Waals surface area contributed by atoms with E-state index in [1.165, 1.54) is 6.07 Å². The maximum atomic E-state index is 10.7. The average molecular weight is 259 g/mol. The molecular weight excluding hydrogens is 248 g/mol. The zero-order chi connectivity index (χ0) is 10.7. The van der Waals surface area contributed by atoms with Gasteiger partial charge in [-0.05, 0) is 23.6 Å². The van der Waals surface area contributed by atoms with Gasteiger partial charge < -0.3 is 10.2 Å². The van der Waals surface area contributed by atoms with E-state index in [9.17, 15) is 9.90 Å². The minimum Gasteiger partial charge on any atom is -0.507 e. The molecule has 0 amide bonds. The van der Waals surface area contributed by atoms with Gasteiger partial charge in [0.25, 0.3) is 0 Å². The molecule has 1 aromatic carbocycles. The summed E-state index contributed by atoms with van der Waals surface area (Å²) in [5.41, 5.74) is 1.59. The zero-order valence-corrected chi connectivity index (χ0v) is 9.34. The molecule has 0 aliphatic rings. The van der Waals surface area contributed by atoms with Crippen LogP contribution in [0.4, 0.5) is 0 Å². The lowest BCUT2D eigenvalue weighted by Gasteiger charge is -2.09. The number of phenols is 1. The summed E-state index contributed by atoms with van der Waals surface area (Å²) in [5, 5.41) is 19.1. The van der Waals surface area contributed by atoms with Gasteiger partial charge in [0, 0.05) is 5.33 Å². The summed E-state index contributed by atoms with van der Waals surface area (Å²) < 4.78 is 0. The van der Waals surface area contributed by atoms with Gasteiger partial charge in [0.05, 0.1) is 0 Å². The van der Waals surface area contributed by atoms with E-state index >= 15 is 0 Å². The molecule has 0 saturated heterocycles. The number of halogens is 1. The fourth-order valence-corrected chi connectivity index (χ4v) is 1.90. The molecule has 2 N–H and O–H groups in total. The summed E-state index contributed by atoms with van der Waals surface area (Å²) in [5.74, 6) is -1.21. The van der Waals surface area contributed by atoms with Gasteiger partial charge in [-0.15, -0.1) is 0 Å². The first-order valence-electron chi connectivity index (χ1n) is 4.24. The Hall–Kier alpha value is -1.03. The molecule has 14 heavy (non-hydrogen) atoms. The number of aromatic hydroxyl groups is 1. The van der Waals surface area contributed by atoms with Crippen LogP contribution in [0.5, 0.6) is 5.75 Å². The molecule has 0 radical (unpaired) electrons. The van der Waals surface area contributed by atoms with Crippen LogP contribution in [-0.2, 0) is 11.8 Å². The van der Waals surface area contributed by atoms with Crippen molar-refractivity contribution in [2.45, 2.75) is 18.7 Å². The number of rotatable bonds is 3. The van der Waals surface area contributed by atoms with Crippen LogP contribution in [0.2, 0.25) is 0 Å². The summed E-state index contributed by atoms with van der Waals surface area (Å²) in [4.78, 5) is 10.7. The molecule has 0 aromatic heterocycles. The van der Waals surface area contributed by atoms with Crippen molar-refractivity contribution >= 4 is 21.9 Å². The number of aromatic carboxylic acids is 1. The maximum Gasteiger partial charge on any atom is 0.339 e. The van der Waals surface area contributed by atoms with Crippen molar-refractivity contribution < 1.29 is 15.0 Å². The molecule has 1 aromatic rings. The molecule has 0 spiro atoms. The molecule has 0 bridgehead atoms. The predicted octanol–water partition coefficient (Wildman–Crippen LogP) is 2.55. The van der Waals surface area contributed by atoms with Crippen molar-refractivity contribution in [1.82, 2.24) is 0 Å². The lowest BCUT2D eigenvalue weighted by molar-refractivity contribution is 0.0693. The van der Waals surface area contributed by atoms with Gasteiger partial charge in [0.15, 0.2) is 0 Å². The van der Waals surface area contributed by atoms with E-state index in [1.807, 2.05) is 6.92 Å². The molecule has 0 aliphatic heterocycles. The van der Waals surface area contributed by atoms with Crippen molar-refractivity contribution in [3.05, 3.63) is 28.8 Å². The Morgan fingerprint density at radius 1 is 1.50 bits per heavy atom. The first-order valence-corrected chi connectivity index (χ1v) is 5.36. The van der Waals surface area contributed by atoms with Crippen molar-refractivity contribution in [3.8, 4) is 5.75 Å². The van der Waals surface area contributed by atoms with E-state index in [-0.39, 0.29) is 11.3 Å². The highest BCUT2D eigenvalue weighted by Crippen LogP contribution is 2.27. The van der Waals surface area contributed by atoms with E-state index < -0.39 is 5.97 Å². The van der Waals surface area contributed by atoms with E-state index in [2.05, 4.69) is 15.9 Å². The zero-order valence-electron chi connectivity index (χ0n) is 7.75. The fraction of sp³-hybridized carbons (Fsp3) is 0.300. The third-order valence-electron chi connectivity index (χ3n) is 2.11. The van der Waals surface area contributed by atoms with Gasteiger partial charge >= 0.3 is 5.97 Å². The van der Waals surface area contributed by atoms with Gasteiger partial charge in [0.2, 0.25) is 0 Å². The maximum absolute atomic E-state index is 10.7. The standard InChI is InChI=1S/C10H11BrO3/c1-2-7-6(5-11)3-4-8(9(7)12)10(13)14/h3-4,12H,2,5H2,1H3,(H,13,14). The Bertz CT molecular complexity index is 361. The van der Waals surface area contributed by atoms with Gasteiger partial charge in [-0.3, -0.25) is 0 Å². The molecule has 3 nitrogen and oxygen atoms in total. The van der Waals surface area contributed by atoms with E-state index in [1.54, 1.807) is 6.07 Å². The Morgan fingerprint density at radius 3 is 2.57 bits per heavy atom. The molecule has 4 heteroatoms. The quantitative estimate of drug-likeness (QED) is 0.820. The van der Waals surface area contributed by atoms with E-state index in [4.69, 9.17) is 5.11 Å². The minimum atomic E-state index is -1.10. The number of carboxylic acid groups (broad SMARTS) is 1. The summed E-state index contributed by atoms with van der Waals surface area (Å²) in [6.45, 7) is 1.88. The first-order chi connectivity index (χ1) is 6.61. The van der Waals surface area contributed by atoms with Gasteiger partial charge in [-0.1, -0.05) is 28.9 Å². The Kier molecular flexibility index (Phi) is 3.52. The normalized spacial score (nSPS) is 10.1. The molecule has 0 heterocycles. The molecule has 0 aliphatic carbocycles. The molecular formula is C10H11BrO3. The number of benzene rings is 1. The summed E-state index contributed by atoms with van der Waals surface area (Å²) in [6, 6.07) is 3.14. The van der Waals surface area contributed by atoms with Crippen LogP contribution in [0.15, 0.2) is 12.1 Å². The molecule has 1 rings (SSSR count). The number of hydrogen-bond acceptors (Lipinski definition) is 2. The Morgan fingerprint density at radius 2 is 2.14 bits per heavy atom. The molecule has 76 valence electrons.